The Balaban J connectivity index is 2.40. The van der Waals surface area contributed by atoms with Crippen LogP contribution in [0.25, 0.3) is 0 Å². The Labute approximate surface area is 104 Å². The smallest absolute Gasteiger partial charge is 0.251 e. The lowest BCUT2D eigenvalue weighted by Gasteiger charge is -2.40. The molecule has 0 unspecified atom stereocenters. The Morgan fingerprint density at radius 2 is 2.17 bits per heavy atom. The molecule has 2 amide bonds. The normalized spacial score (nSPS) is 18.5. The van der Waals surface area contributed by atoms with Gasteiger partial charge in [0, 0.05) is 0 Å². The maximum atomic E-state index is 11.8. The lowest BCUT2D eigenvalue weighted by molar-refractivity contribution is -0.135. The zero-order chi connectivity index (χ0) is 13.3. The first kappa shape index (κ1) is 12.2. The third kappa shape index (κ3) is 1.97. The molecule has 8 heteroatoms. The number of nitrogens with two attached hydrogens (primary N) is 1. The van der Waals surface area contributed by atoms with Crippen LogP contribution in [0.4, 0.5) is 11.6 Å². The molecule has 2 heterocycles. The molecular weight excluding hydrogens is 236 g/mol. The molecule has 4 N–H and O–H groups in total. The Hall–Kier alpha value is -2.22. The third-order valence-corrected chi connectivity index (χ3v) is 2.83. The predicted octanol–water partition coefficient (Wildman–Crippen LogP) is -0.996. The standard InChI is InChI=1S/C10H14N6O2/c1-10(2)9(18)14-8(17)5-16(10)7-4-12-3-6(13-7)15-11/h3-4H,5,11H2,1-2H3,(H,13,15)(H,14,17,18). The number of amides is 2. The number of piperazine rings is 1. The maximum absolute atomic E-state index is 11.8. The minimum absolute atomic E-state index is 0.0431. The van der Waals surface area contributed by atoms with Crippen LogP contribution in [0.15, 0.2) is 12.4 Å². The average molecular weight is 250 g/mol. The van der Waals surface area contributed by atoms with E-state index in [1.807, 2.05) is 0 Å². The van der Waals surface area contributed by atoms with Crippen molar-refractivity contribution in [3.63, 3.8) is 0 Å². The van der Waals surface area contributed by atoms with Gasteiger partial charge in [0.15, 0.2) is 11.6 Å². The molecule has 1 saturated heterocycles. The highest BCUT2D eigenvalue weighted by Crippen LogP contribution is 2.24. The highest BCUT2D eigenvalue weighted by molar-refractivity contribution is 6.06. The summed E-state index contributed by atoms with van der Waals surface area (Å²) in [5.41, 5.74) is 1.49. The van der Waals surface area contributed by atoms with Crippen LogP contribution in [0.1, 0.15) is 13.8 Å². The van der Waals surface area contributed by atoms with Gasteiger partial charge in [-0.25, -0.2) is 10.8 Å². The first-order valence-electron chi connectivity index (χ1n) is 5.35. The molecular formula is C10H14N6O2. The van der Waals surface area contributed by atoms with Gasteiger partial charge in [0.1, 0.15) is 5.54 Å². The molecule has 0 saturated carbocycles. The lowest BCUT2D eigenvalue weighted by Crippen LogP contribution is -2.64. The first-order chi connectivity index (χ1) is 8.45. The van der Waals surface area contributed by atoms with E-state index in [-0.39, 0.29) is 18.4 Å². The fraction of sp³-hybridized carbons (Fsp3) is 0.400. The quantitative estimate of drug-likeness (QED) is 0.350. The van der Waals surface area contributed by atoms with Gasteiger partial charge in [0.05, 0.1) is 18.9 Å². The molecule has 0 atom stereocenters. The summed E-state index contributed by atoms with van der Waals surface area (Å²) >= 11 is 0. The number of nitrogens with zero attached hydrogens (tertiary/aromatic N) is 3. The Bertz CT molecular complexity index is 501. The number of rotatable bonds is 2. The number of imide groups is 1. The number of carbonyl (C=O) groups excluding carboxylic acids is 2. The summed E-state index contributed by atoms with van der Waals surface area (Å²) in [6.45, 7) is 3.46. The Morgan fingerprint density at radius 3 is 2.83 bits per heavy atom. The van der Waals surface area contributed by atoms with Gasteiger partial charge >= 0.3 is 0 Å². The van der Waals surface area contributed by atoms with E-state index in [2.05, 4.69) is 20.7 Å². The third-order valence-electron chi connectivity index (χ3n) is 2.83. The zero-order valence-electron chi connectivity index (χ0n) is 10.1. The minimum atomic E-state index is -0.879. The van der Waals surface area contributed by atoms with Gasteiger partial charge in [-0.15, -0.1) is 0 Å². The molecule has 0 bridgehead atoms. The Kier molecular flexibility index (Phi) is 2.87. The molecule has 2 rings (SSSR count). The van der Waals surface area contributed by atoms with Crippen LogP contribution in [0.5, 0.6) is 0 Å². The van der Waals surface area contributed by atoms with Gasteiger partial charge in [-0.05, 0) is 13.8 Å². The van der Waals surface area contributed by atoms with Gasteiger partial charge in [-0.2, -0.15) is 0 Å². The summed E-state index contributed by atoms with van der Waals surface area (Å²) in [6, 6.07) is 0. The van der Waals surface area contributed by atoms with Crippen LogP contribution in [0.3, 0.4) is 0 Å². The molecule has 8 nitrogen and oxygen atoms in total. The van der Waals surface area contributed by atoms with Crippen LogP contribution in [0.2, 0.25) is 0 Å². The minimum Gasteiger partial charge on any atom is -0.332 e. The molecule has 18 heavy (non-hydrogen) atoms. The van der Waals surface area contributed by atoms with Crippen LogP contribution in [-0.2, 0) is 9.59 Å². The molecule has 0 spiro atoms. The first-order valence-corrected chi connectivity index (χ1v) is 5.35. The van der Waals surface area contributed by atoms with E-state index >= 15 is 0 Å². The van der Waals surface area contributed by atoms with Crippen LogP contribution in [0, 0.1) is 0 Å². The summed E-state index contributed by atoms with van der Waals surface area (Å²) in [7, 11) is 0. The van der Waals surface area contributed by atoms with Gasteiger partial charge in [-0.1, -0.05) is 0 Å². The summed E-state index contributed by atoms with van der Waals surface area (Å²) in [6.07, 6.45) is 2.93. The number of anilines is 2. The number of hydrazine groups is 1. The maximum Gasteiger partial charge on any atom is 0.251 e. The fourth-order valence-corrected chi connectivity index (χ4v) is 1.71. The monoisotopic (exact) mass is 250 g/mol. The SMILES string of the molecule is CC1(C)C(=O)NC(=O)CN1c1cncc(NN)n1. The molecule has 1 aromatic heterocycles. The largest absolute Gasteiger partial charge is 0.332 e. The highest BCUT2D eigenvalue weighted by Gasteiger charge is 2.41. The van der Waals surface area contributed by atoms with Crippen molar-refractivity contribution >= 4 is 23.5 Å². The molecule has 1 aliphatic rings. The van der Waals surface area contributed by atoms with Crippen molar-refractivity contribution in [1.29, 1.82) is 0 Å². The van der Waals surface area contributed by atoms with Gasteiger partial charge in [0.2, 0.25) is 5.91 Å². The fourth-order valence-electron chi connectivity index (χ4n) is 1.71. The summed E-state index contributed by atoms with van der Waals surface area (Å²) in [4.78, 5) is 33.0. The van der Waals surface area contributed by atoms with Crippen molar-refractivity contribution in [3.05, 3.63) is 12.4 Å². The molecule has 1 fully saturated rings. The van der Waals surface area contributed by atoms with Crippen molar-refractivity contribution in [2.45, 2.75) is 19.4 Å². The van der Waals surface area contributed by atoms with Crippen molar-refractivity contribution in [2.75, 3.05) is 16.9 Å². The summed E-state index contributed by atoms with van der Waals surface area (Å²) in [5.74, 6) is 5.29. The number of aromatic nitrogens is 2. The van der Waals surface area contributed by atoms with E-state index in [1.165, 1.54) is 12.4 Å². The van der Waals surface area contributed by atoms with Gasteiger partial charge in [0.25, 0.3) is 5.91 Å². The second kappa shape index (κ2) is 4.22. The van der Waals surface area contributed by atoms with Crippen molar-refractivity contribution in [2.24, 2.45) is 5.84 Å². The van der Waals surface area contributed by atoms with E-state index in [9.17, 15) is 9.59 Å². The second-order valence-electron chi connectivity index (χ2n) is 4.43. The van der Waals surface area contributed by atoms with Gasteiger partial charge < -0.3 is 10.3 Å². The van der Waals surface area contributed by atoms with Crippen molar-refractivity contribution < 1.29 is 9.59 Å². The second-order valence-corrected chi connectivity index (χ2v) is 4.43. The molecule has 0 radical (unpaired) electrons. The molecule has 1 aromatic rings. The van der Waals surface area contributed by atoms with Gasteiger partial charge in [-0.3, -0.25) is 19.9 Å². The number of hydrogen-bond acceptors (Lipinski definition) is 7. The lowest BCUT2D eigenvalue weighted by atomic mass is 9.99. The molecule has 1 aliphatic heterocycles. The highest BCUT2D eigenvalue weighted by atomic mass is 16.2. The van der Waals surface area contributed by atoms with Crippen LogP contribution < -0.4 is 21.5 Å². The zero-order valence-corrected chi connectivity index (χ0v) is 10.1. The van der Waals surface area contributed by atoms with E-state index in [4.69, 9.17) is 5.84 Å². The average Bonchev–Trinajstić information content (AvgIpc) is 2.34. The summed E-state index contributed by atoms with van der Waals surface area (Å²) in [5, 5.41) is 2.29. The number of nitrogens with one attached hydrogen (secondary N) is 2. The Morgan fingerprint density at radius 1 is 1.44 bits per heavy atom. The van der Waals surface area contributed by atoms with Crippen LogP contribution in [-0.4, -0.2) is 33.9 Å². The number of carbonyl (C=O) groups is 2. The molecule has 96 valence electrons. The van der Waals surface area contributed by atoms with E-state index < -0.39 is 5.54 Å². The van der Waals surface area contributed by atoms with Crippen LogP contribution >= 0.6 is 0 Å². The topological polar surface area (TPSA) is 113 Å². The summed E-state index contributed by atoms with van der Waals surface area (Å²) < 4.78 is 0. The van der Waals surface area contributed by atoms with Crippen molar-refractivity contribution in [1.82, 2.24) is 15.3 Å². The van der Waals surface area contributed by atoms with E-state index in [0.717, 1.165) is 0 Å². The number of nitrogen functional groups attached to an aromatic ring is 1. The van der Waals surface area contributed by atoms with Crippen molar-refractivity contribution in [3.8, 4) is 0 Å². The van der Waals surface area contributed by atoms with E-state index in [1.54, 1.807) is 18.7 Å². The molecule has 0 aromatic carbocycles. The van der Waals surface area contributed by atoms with E-state index in [0.29, 0.717) is 11.6 Å². The molecule has 0 aliphatic carbocycles. The predicted molar refractivity (Wildman–Crippen MR) is 64.4 cm³/mol. The number of hydrogen-bond donors (Lipinski definition) is 3.